The largest absolute Gasteiger partial charge is 0.387 e. The predicted molar refractivity (Wildman–Crippen MR) is 171 cm³/mol. The van der Waals surface area contributed by atoms with Crippen LogP contribution in [0.4, 0.5) is 11.8 Å². The van der Waals surface area contributed by atoms with Crippen molar-refractivity contribution in [2.75, 3.05) is 17.2 Å². The Hall–Kier alpha value is -4.43. The highest BCUT2D eigenvalue weighted by Crippen LogP contribution is 2.39. The summed E-state index contributed by atoms with van der Waals surface area (Å²) in [5, 5.41) is 33.1. The number of aromatic nitrogens is 6. The number of aliphatic hydroxyl groups is 2. The third-order valence-electron chi connectivity index (χ3n) is 8.96. The number of anilines is 2. The van der Waals surface area contributed by atoms with Gasteiger partial charge in [0.2, 0.25) is 17.7 Å². The maximum Gasteiger partial charge on any atom is 0.227 e. The van der Waals surface area contributed by atoms with Crippen LogP contribution in [0, 0.1) is 0 Å². The first-order valence-corrected chi connectivity index (χ1v) is 15.9. The molecule has 2 fully saturated rings. The molecule has 0 unspecified atom stereocenters. The van der Waals surface area contributed by atoms with Gasteiger partial charge in [0.05, 0.1) is 6.33 Å². The van der Waals surface area contributed by atoms with E-state index in [1.54, 1.807) is 10.9 Å². The molecule has 0 bridgehead atoms. The Morgan fingerprint density at radius 1 is 0.935 bits per heavy atom. The second-order valence-electron chi connectivity index (χ2n) is 12.1. The van der Waals surface area contributed by atoms with Crippen LogP contribution in [0.3, 0.4) is 0 Å². The van der Waals surface area contributed by atoms with Crippen molar-refractivity contribution < 1.29 is 19.5 Å². The summed E-state index contributed by atoms with van der Waals surface area (Å²) in [5.74, 6) is 1.63. The first-order valence-electron chi connectivity index (χ1n) is 15.9. The summed E-state index contributed by atoms with van der Waals surface area (Å²) in [5.41, 5.74) is 9.46. The zero-order valence-corrected chi connectivity index (χ0v) is 25.6. The lowest BCUT2D eigenvalue weighted by Gasteiger charge is -2.27. The number of nitrogens with one attached hydrogen (secondary N) is 2. The van der Waals surface area contributed by atoms with Crippen molar-refractivity contribution in [3.8, 4) is 0 Å². The second kappa shape index (κ2) is 13.1. The molecule has 13 nitrogen and oxygen atoms in total. The molecule has 0 radical (unpaired) electrons. The minimum atomic E-state index is -1.30. The number of rotatable bonds is 10. The van der Waals surface area contributed by atoms with Crippen LogP contribution in [-0.2, 0) is 11.2 Å². The van der Waals surface area contributed by atoms with Crippen molar-refractivity contribution in [2.24, 2.45) is 5.73 Å². The molecule has 4 atom stereocenters. The van der Waals surface area contributed by atoms with Crippen LogP contribution >= 0.6 is 0 Å². The van der Waals surface area contributed by atoms with E-state index in [-0.39, 0.29) is 23.8 Å². The number of nitrogens with two attached hydrogens (primary N) is 1. The Balaban J connectivity index is 1.23. The van der Waals surface area contributed by atoms with Gasteiger partial charge in [-0.25, -0.2) is 4.98 Å². The number of benzene rings is 2. The van der Waals surface area contributed by atoms with E-state index in [1.165, 1.54) is 11.1 Å². The normalized spacial score (nSPS) is 24.9. The molecule has 46 heavy (non-hydrogen) atoms. The van der Waals surface area contributed by atoms with Gasteiger partial charge in [0, 0.05) is 31.0 Å². The van der Waals surface area contributed by atoms with Gasteiger partial charge in [-0.2, -0.15) is 15.0 Å². The van der Waals surface area contributed by atoms with Crippen molar-refractivity contribution in [3.05, 3.63) is 89.8 Å². The molecule has 240 valence electrons. The number of fused-ring (bicyclic) bond motifs is 1. The number of aryl methyl sites for hydroxylation is 1. The van der Waals surface area contributed by atoms with Crippen molar-refractivity contribution in [3.63, 3.8) is 0 Å². The maximum atomic E-state index is 11.1. The molecule has 0 spiro atoms. The zero-order chi connectivity index (χ0) is 31.6. The summed E-state index contributed by atoms with van der Waals surface area (Å²) in [4.78, 5) is 18.7. The summed E-state index contributed by atoms with van der Waals surface area (Å²) in [6, 6.07) is 21.1. The second-order valence-corrected chi connectivity index (χ2v) is 12.1. The Morgan fingerprint density at radius 2 is 1.63 bits per heavy atom. The minimum absolute atomic E-state index is 0.0459. The molecule has 2 aliphatic rings. The van der Waals surface area contributed by atoms with Crippen LogP contribution in [0.15, 0.2) is 71.5 Å². The standard InChI is InChI=1S/C33H39N9O4/c1-2-24-38-30(41-46-24)28-26(43)27(44)32(45-28)42-18-36-25-29(39-33(40-31(25)42)37-22-15-13-21(34)14-16-22)35-17-23(19-9-5-3-6-10-19)20-11-7-4-8-12-20/h3-12,18,21-23,26-28,32,43-44H,2,13-17,34H2,1H3,(H2,35,37,39,40)/t21?,22?,26-,27+,28-,32+/m0/s1. The highest BCUT2D eigenvalue weighted by Gasteiger charge is 2.47. The fourth-order valence-electron chi connectivity index (χ4n) is 6.36. The lowest BCUT2D eigenvalue weighted by Crippen LogP contribution is -2.33. The predicted octanol–water partition coefficient (Wildman–Crippen LogP) is 3.69. The number of aliphatic hydroxyl groups excluding tert-OH is 2. The third-order valence-corrected chi connectivity index (χ3v) is 8.96. The molecule has 7 rings (SSSR count). The van der Waals surface area contributed by atoms with Crippen molar-refractivity contribution in [1.82, 2.24) is 29.7 Å². The topological polar surface area (TPSA) is 182 Å². The van der Waals surface area contributed by atoms with Crippen molar-refractivity contribution >= 4 is 22.9 Å². The number of ether oxygens (including phenoxy) is 1. The number of imidazole rings is 1. The zero-order valence-electron chi connectivity index (χ0n) is 25.6. The first kappa shape index (κ1) is 30.2. The van der Waals surface area contributed by atoms with Crippen LogP contribution in [0.5, 0.6) is 0 Å². The van der Waals surface area contributed by atoms with E-state index in [0.717, 1.165) is 25.7 Å². The van der Waals surface area contributed by atoms with Gasteiger partial charge < -0.3 is 35.8 Å². The summed E-state index contributed by atoms with van der Waals surface area (Å²) >= 11 is 0. The minimum Gasteiger partial charge on any atom is -0.387 e. The van der Waals surface area contributed by atoms with Crippen LogP contribution in [0.2, 0.25) is 0 Å². The lowest BCUT2D eigenvalue weighted by atomic mass is 9.91. The van der Waals surface area contributed by atoms with Crippen LogP contribution in [0.1, 0.15) is 73.7 Å². The number of hydrogen-bond donors (Lipinski definition) is 5. The van der Waals surface area contributed by atoms with E-state index in [0.29, 0.717) is 41.8 Å². The van der Waals surface area contributed by atoms with E-state index in [2.05, 4.69) is 50.0 Å². The summed E-state index contributed by atoms with van der Waals surface area (Å²) in [7, 11) is 0. The highest BCUT2D eigenvalue weighted by molar-refractivity contribution is 5.84. The first-order chi connectivity index (χ1) is 22.5. The summed E-state index contributed by atoms with van der Waals surface area (Å²) < 4.78 is 13.0. The van der Waals surface area contributed by atoms with E-state index in [1.807, 2.05) is 43.3 Å². The molecule has 1 saturated heterocycles. The highest BCUT2D eigenvalue weighted by atomic mass is 16.6. The Bertz CT molecular complexity index is 1700. The van der Waals surface area contributed by atoms with Crippen molar-refractivity contribution in [1.29, 1.82) is 0 Å². The Labute approximate surface area is 266 Å². The smallest absolute Gasteiger partial charge is 0.227 e. The number of nitrogens with zero attached hydrogens (tertiary/aromatic N) is 6. The lowest BCUT2D eigenvalue weighted by molar-refractivity contribution is -0.0388. The van der Waals surface area contributed by atoms with Gasteiger partial charge in [-0.1, -0.05) is 72.7 Å². The van der Waals surface area contributed by atoms with Crippen molar-refractivity contribution in [2.45, 2.75) is 81.6 Å². The van der Waals surface area contributed by atoms with E-state index in [9.17, 15) is 10.2 Å². The molecule has 1 aliphatic heterocycles. The van der Waals surface area contributed by atoms with Gasteiger partial charge in [0.1, 0.15) is 12.2 Å². The molecule has 6 N–H and O–H groups in total. The van der Waals surface area contributed by atoms with Gasteiger partial charge in [-0.3, -0.25) is 4.57 Å². The van der Waals surface area contributed by atoms with Crippen LogP contribution in [-0.4, -0.2) is 70.7 Å². The van der Waals surface area contributed by atoms with Gasteiger partial charge >= 0.3 is 0 Å². The average molecular weight is 626 g/mol. The average Bonchev–Trinajstić information content (AvgIpc) is 3.81. The molecule has 5 aromatic rings. The van der Waals surface area contributed by atoms with Crippen LogP contribution < -0.4 is 16.4 Å². The Morgan fingerprint density at radius 3 is 2.28 bits per heavy atom. The van der Waals surface area contributed by atoms with Gasteiger partial charge in [0.15, 0.2) is 29.3 Å². The summed E-state index contributed by atoms with van der Waals surface area (Å²) in [6.45, 7) is 2.44. The van der Waals surface area contributed by atoms with E-state index in [4.69, 9.17) is 25.0 Å². The fourth-order valence-corrected chi connectivity index (χ4v) is 6.36. The van der Waals surface area contributed by atoms with Gasteiger partial charge in [-0.05, 0) is 36.8 Å². The number of hydrogen-bond acceptors (Lipinski definition) is 12. The monoisotopic (exact) mass is 625 g/mol. The molecule has 2 aromatic carbocycles. The quantitative estimate of drug-likeness (QED) is 0.152. The molecule has 0 amide bonds. The third kappa shape index (κ3) is 6.06. The molecule has 1 aliphatic carbocycles. The molecule has 4 heterocycles. The molecular weight excluding hydrogens is 586 g/mol. The molecular formula is C33H39N9O4. The molecule has 13 heteroatoms. The summed E-state index contributed by atoms with van der Waals surface area (Å²) in [6.07, 6.45) is 1.21. The van der Waals surface area contributed by atoms with E-state index >= 15 is 0 Å². The molecule has 1 saturated carbocycles. The van der Waals surface area contributed by atoms with Gasteiger partial charge in [0.25, 0.3) is 0 Å². The van der Waals surface area contributed by atoms with Gasteiger partial charge in [-0.15, -0.1) is 0 Å². The van der Waals surface area contributed by atoms with E-state index < -0.39 is 24.5 Å². The van der Waals surface area contributed by atoms with Crippen LogP contribution in [0.25, 0.3) is 11.2 Å². The maximum absolute atomic E-state index is 11.1. The Kier molecular flexibility index (Phi) is 8.63. The fraction of sp³-hybridized carbons (Fsp3) is 0.424. The SMILES string of the molecule is CCc1nc([C@H]2O[C@@H](n3cnc4c(NCC(c5ccccc5)c5ccccc5)nc(NC5CCC(N)CC5)nc43)[C@H](O)[C@@H]2O)no1. The molecule has 3 aromatic heterocycles.